The minimum atomic E-state index is -1.18. The number of ether oxygens (including phenoxy) is 1. The summed E-state index contributed by atoms with van der Waals surface area (Å²) in [6.07, 6.45) is -1.18. The summed E-state index contributed by atoms with van der Waals surface area (Å²) >= 11 is 9.17. The van der Waals surface area contributed by atoms with Crippen LogP contribution in [0.25, 0.3) is 0 Å². The largest absolute Gasteiger partial charge is 0.449 e. The standard InChI is InChI=1S/C17H14BrClN2O4/c1-10(25-16(23)13-9-11(18)7-8-14(13)19)15(22)21-17(24)20-12-5-3-2-4-6-12/h2-10H,1H3,(H2,20,21,22,24). The van der Waals surface area contributed by atoms with Crippen LogP contribution in [0.5, 0.6) is 0 Å². The fourth-order valence-corrected chi connectivity index (χ4v) is 2.38. The SMILES string of the molecule is CC(OC(=O)c1cc(Br)ccc1Cl)C(=O)NC(=O)Nc1ccccc1. The van der Waals surface area contributed by atoms with E-state index in [9.17, 15) is 14.4 Å². The number of para-hydroxylation sites is 1. The van der Waals surface area contributed by atoms with Crippen molar-refractivity contribution in [1.29, 1.82) is 0 Å². The van der Waals surface area contributed by atoms with Gasteiger partial charge in [0, 0.05) is 10.2 Å². The third-order valence-electron chi connectivity index (χ3n) is 3.07. The summed E-state index contributed by atoms with van der Waals surface area (Å²) in [5.41, 5.74) is 0.641. The average Bonchev–Trinajstić information content (AvgIpc) is 2.57. The lowest BCUT2D eigenvalue weighted by Gasteiger charge is -2.14. The first kappa shape index (κ1) is 19.0. The molecular weight excluding hydrogens is 412 g/mol. The summed E-state index contributed by atoms with van der Waals surface area (Å²) in [7, 11) is 0. The number of hydrogen-bond acceptors (Lipinski definition) is 4. The van der Waals surface area contributed by atoms with E-state index < -0.39 is 24.0 Å². The van der Waals surface area contributed by atoms with Crippen LogP contribution in [0.1, 0.15) is 17.3 Å². The van der Waals surface area contributed by atoms with Crippen LogP contribution in [-0.2, 0) is 9.53 Å². The van der Waals surface area contributed by atoms with E-state index in [4.69, 9.17) is 16.3 Å². The van der Waals surface area contributed by atoms with Crippen molar-refractivity contribution in [3.05, 3.63) is 63.6 Å². The fourth-order valence-electron chi connectivity index (χ4n) is 1.83. The quantitative estimate of drug-likeness (QED) is 0.725. The van der Waals surface area contributed by atoms with Gasteiger partial charge in [0.15, 0.2) is 6.10 Å². The smallest absolute Gasteiger partial charge is 0.340 e. The first-order valence-electron chi connectivity index (χ1n) is 7.19. The molecule has 0 saturated carbocycles. The molecule has 0 radical (unpaired) electrons. The maximum absolute atomic E-state index is 12.1. The molecule has 0 fully saturated rings. The normalized spacial score (nSPS) is 11.3. The van der Waals surface area contributed by atoms with E-state index >= 15 is 0 Å². The first-order valence-corrected chi connectivity index (χ1v) is 8.37. The maximum Gasteiger partial charge on any atom is 0.340 e. The number of hydrogen-bond donors (Lipinski definition) is 2. The molecule has 1 unspecified atom stereocenters. The summed E-state index contributed by atoms with van der Waals surface area (Å²) in [5.74, 6) is -1.52. The van der Waals surface area contributed by atoms with Gasteiger partial charge in [-0.1, -0.05) is 45.7 Å². The van der Waals surface area contributed by atoms with Crippen LogP contribution in [0.3, 0.4) is 0 Å². The highest BCUT2D eigenvalue weighted by molar-refractivity contribution is 9.10. The van der Waals surface area contributed by atoms with Crippen molar-refractivity contribution in [2.45, 2.75) is 13.0 Å². The Morgan fingerprint density at radius 1 is 1.12 bits per heavy atom. The third kappa shape index (κ3) is 5.58. The zero-order valence-corrected chi connectivity index (χ0v) is 15.4. The minimum Gasteiger partial charge on any atom is -0.449 e. The second kappa shape index (κ2) is 8.64. The van der Waals surface area contributed by atoms with Crippen LogP contribution in [0.15, 0.2) is 53.0 Å². The number of esters is 1. The Kier molecular flexibility index (Phi) is 6.55. The van der Waals surface area contributed by atoms with Gasteiger partial charge >= 0.3 is 12.0 Å². The number of rotatable bonds is 4. The van der Waals surface area contributed by atoms with E-state index in [0.717, 1.165) is 0 Å². The molecule has 0 aliphatic heterocycles. The summed E-state index contributed by atoms with van der Waals surface area (Å²) in [6.45, 7) is 1.36. The van der Waals surface area contributed by atoms with E-state index in [1.54, 1.807) is 36.4 Å². The number of anilines is 1. The first-order chi connectivity index (χ1) is 11.9. The molecule has 6 nitrogen and oxygen atoms in total. The van der Waals surface area contributed by atoms with Crippen LogP contribution >= 0.6 is 27.5 Å². The lowest BCUT2D eigenvalue weighted by molar-refractivity contribution is -0.127. The van der Waals surface area contributed by atoms with Crippen LogP contribution in [0.2, 0.25) is 5.02 Å². The molecule has 0 bridgehead atoms. The highest BCUT2D eigenvalue weighted by atomic mass is 79.9. The lowest BCUT2D eigenvalue weighted by atomic mass is 10.2. The molecule has 0 aliphatic carbocycles. The van der Waals surface area contributed by atoms with Crippen molar-refractivity contribution in [2.75, 3.05) is 5.32 Å². The predicted molar refractivity (Wildman–Crippen MR) is 97.6 cm³/mol. The topological polar surface area (TPSA) is 84.5 Å². The van der Waals surface area contributed by atoms with Gasteiger partial charge in [-0.25, -0.2) is 9.59 Å². The van der Waals surface area contributed by atoms with Gasteiger partial charge < -0.3 is 10.1 Å². The molecular formula is C17H14BrClN2O4. The molecule has 2 rings (SSSR count). The molecule has 0 spiro atoms. The summed E-state index contributed by atoms with van der Waals surface area (Å²) in [4.78, 5) is 35.8. The molecule has 25 heavy (non-hydrogen) atoms. The number of amides is 3. The third-order valence-corrected chi connectivity index (χ3v) is 3.89. The molecule has 2 N–H and O–H groups in total. The number of carbonyl (C=O) groups is 3. The number of halogens is 2. The Morgan fingerprint density at radius 2 is 1.80 bits per heavy atom. The zero-order chi connectivity index (χ0) is 18.4. The van der Waals surface area contributed by atoms with Gasteiger partial charge in [-0.2, -0.15) is 0 Å². The van der Waals surface area contributed by atoms with E-state index in [1.807, 2.05) is 0 Å². The van der Waals surface area contributed by atoms with Crippen molar-refractivity contribution in [2.24, 2.45) is 0 Å². The second-order valence-electron chi connectivity index (χ2n) is 4.98. The number of carbonyl (C=O) groups excluding carboxylic acids is 3. The molecule has 130 valence electrons. The van der Waals surface area contributed by atoms with Gasteiger partial charge in [-0.15, -0.1) is 0 Å². The van der Waals surface area contributed by atoms with E-state index in [2.05, 4.69) is 26.6 Å². The van der Waals surface area contributed by atoms with Crippen molar-refractivity contribution >= 4 is 51.1 Å². The molecule has 3 amide bonds. The van der Waals surface area contributed by atoms with Crippen LogP contribution in [0.4, 0.5) is 10.5 Å². The van der Waals surface area contributed by atoms with E-state index in [0.29, 0.717) is 10.2 Å². The molecule has 0 aromatic heterocycles. The monoisotopic (exact) mass is 424 g/mol. The van der Waals surface area contributed by atoms with Crippen molar-refractivity contribution < 1.29 is 19.1 Å². The Morgan fingerprint density at radius 3 is 2.48 bits per heavy atom. The summed E-state index contributed by atoms with van der Waals surface area (Å²) < 4.78 is 5.69. The Bertz CT molecular complexity index is 798. The lowest BCUT2D eigenvalue weighted by Crippen LogP contribution is -2.41. The number of nitrogens with one attached hydrogen (secondary N) is 2. The molecule has 2 aromatic carbocycles. The molecule has 0 heterocycles. The highest BCUT2D eigenvalue weighted by Gasteiger charge is 2.22. The van der Waals surface area contributed by atoms with Crippen molar-refractivity contribution in [3.63, 3.8) is 0 Å². The highest BCUT2D eigenvalue weighted by Crippen LogP contribution is 2.22. The Labute approximate surface area is 157 Å². The molecule has 0 saturated heterocycles. The molecule has 0 aliphatic rings. The average molecular weight is 426 g/mol. The molecule has 8 heteroatoms. The second-order valence-corrected chi connectivity index (χ2v) is 6.30. The summed E-state index contributed by atoms with van der Waals surface area (Å²) in [6, 6.07) is 12.6. The van der Waals surface area contributed by atoms with Crippen LogP contribution in [0, 0.1) is 0 Å². The fraction of sp³-hybridized carbons (Fsp3) is 0.118. The maximum atomic E-state index is 12.1. The van der Waals surface area contributed by atoms with Gasteiger partial charge in [-0.05, 0) is 37.3 Å². The number of urea groups is 1. The Hall–Kier alpha value is -2.38. The minimum absolute atomic E-state index is 0.115. The van der Waals surface area contributed by atoms with Gasteiger partial charge in [0.2, 0.25) is 0 Å². The number of imide groups is 1. The van der Waals surface area contributed by atoms with Crippen LogP contribution in [-0.4, -0.2) is 24.0 Å². The van der Waals surface area contributed by atoms with Gasteiger partial charge in [0.1, 0.15) is 0 Å². The van der Waals surface area contributed by atoms with Gasteiger partial charge in [-0.3, -0.25) is 10.1 Å². The summed E-state index contributed by atoms with van der Waals surface area (Å²) in [5, 5.41) is 4.79. The predicted octanol–water partition coefficient (Wildman–Crippen LogP) is 4.00. The van der Waals surface area contributed by atoms with Crippen molar-refractivity contribution in [3.8, 4) is 0 Å². The molecule has 2 aromatic rings. The van der Waals surface area contributed by atoms with Crippen LogP contribution < -0.4 is 10.6 Å². The van der Waals surface area contributed by atoms with E-state index in [-0.39, 0.29) is 10.6 Å². The molecule has 1 atom stereocenters. The number of benzene rings is 2. The van der Waals surface area contributed by atoms with Gasteiger partial charge in [0.05, 0.1) is 10.6 Å². The van der Waals surface area contributed by atoms with Gasteiger partial charge in [0.25, 0.3) is 5.91 Å². The van der Waals surface area contributed by atoms with E-state index in [1.165, 1.54) is 19.1 Å². The zero-order valence-electron chi connectivity index (χ0n) is 13.1. The Balaban J connectivity index is 1.92. The van der Waals surface area contributed by atoms with Crippen molar-refractivity contribution in [1.82, 2.24) is 5.32 Å².